The molecule has 164 valence electrons. The van der Waals surface area contributed by atoms with Gasteiger partial charge >= 0.3 is 12.1 Å². The lowest BCUT2D eigenvalue weighted by molar-refractivity contribution is -0.192. The number of carboxylic acid groups (broad SMARTS) is 1. The number of methoxy groups -OCH3 is 1. The third-order valence-electron chi connectivity index (χ3n) is 4.77. The summed E-state index contributed by atoms with van der Waals surface area (Å²) in [7, 11) is 1.63. The molecule has 2 aliphatic rings. The number of carbonyl (C=O) groups excluding carboxylic acids is 1. The Hall–Kier alpha value is -1.69. The summed E-state index contributed by atoms with van der Waals surface area (Å²) < 4.78 is 42.7. The van der Waals surface area contributed by atoms with E-state index in [0.717, 1.165) is 32.4 Å². The number of halogens is 3. The summed E-state index contributed by atoms with van der Waals surface area (Å²) >= 11 is 1.74. The van der Waals surface area contributed by atoms with Crippen LogP contribution in [0.25, 0.3) is 0 Å². The molecule has 0 aromatic carbocycles. The Bertz CT molecular complexity index is 656. The highest BCUT2D eigenvalue weighted by molar-refractivity contribution is 7.07. The second-order valence-electron chi connectivity index (χ2n) is 6.79. The Morgan fingerprint density at radius 3 is 2.69 bits per heavy atom. The van der Waals surface area contributed by atoms with Gasteiger partial charge in [-0.1, -0.05) is 0 Å². The number of nitrogens with one attached hydrogen (secondary N) is 1. The van der Waals surface area contributed by atoms with Crippen LogP contribution in [-0.2, 0) is 25.6 Å². The number of alkyl halides is 3. The Balaban J connectivity index is 0.000000370. The van der Waals surface area contributed by atoms with Crippen molar-refractivity contribution in [1.82, 2.24) is 10.2 Å². The molecule has 2 N–H and O–H groups in total. The Morgan fingerprint density at radius 1 is 1.38 bits per heavy atom. The van der Waals surface area contributed by atoms with Crippen molar-refractivity contribution in [3.63, 3.8) is 0 Å². The first kappa shape index (κ1) is 23.6. The predicted octanol–water partition coefficient (Wildman–Crippen LogP) is 2.27. The zero-order chi connectivity index (χ0) is 21.4. The molecule has 29 heavy (non-hydrogen) atoms. The maximum absolute atomic E-state index is 12.1. The summed E-state index contributed by atoms with van der Waals surface area (Å²) in [4.78, 5) is 23.5. The highest BCUT2D eigenvalue weighted by Crippen LogP contribution is 2.32. The fourth-order valence-corrected chi connectivity index (χ4v) is 4.07. The average Bonchev–Trinajstić information content (AvgIpc) is 3.32. The topological polar surface area (TPSA) is 88.1 Å². The number of carboxylic acids is 1. The van der Waals surface area contributed by atoms with E-state index in [1.807, 2.05) is 0 Å². The third kappa shape index (κ3) is 7.25. The number of fused-ring (bicyclic) bond motifs is 1. The van der Waals surface area contributed by atoms with Crippen LogP contribution in [0.4, 0.5) is 13.2 Å². The second-order valence-corrected chi connectivity index (χ2v) is 7.57. The van der Waals surface area contributed by atoms with Crippen molar-refractivity contribution in [1.29, 1.82) is 0 Å². The van der Waals surface area contributed by atoms with Crippen LogP contribution < -0.4 is 5.32 Å². The van der Waals surface area contributed by atoms with Gasteiger partial charge in [-0.2, -0.15) is 24.5 Å². The number of hydrogen-bond donors (Lipinski definition) is 2. The molecule has 1 amide bonds. The van der Waals surface area contributed by atoms with Crippen molar-refractivity contribution >= 4 is 23.2 Å². The molecular weight excluding hydrogens is 413 g/mol. The summed E-state index contributed by atoms with van der Waals surface area (Å²) in [6, 6.07) is 2.65. The number of aliphatic carboxylic acids is 1. The van der Waals surface area contributed by atoms with Gasteiger partial charge in [0, 0.05) is 32.8 Å². The van der Waals surface area contributed by atoms with E-state index in [9.17, 15) is 18.0 Å². The van der Waals surface area contributed by atoms with Crippen LogP contribution in [0.15, 0.2) is 16.8 Å². The summed E-state index contributed by atoms with van der Waals surface area (Å²) in [6.07, 6.45) is -2.31. The minimum Gasteiger partial charge on any atom is -0.475 e. The van der Waals surface area contributed by atoms with Crippen LogP contribution in [0.1, 0.15) is 24.8 Å². The largest absolute Gasteiger partial charge is 0.490 e. The van der Waals surface area contributed by atoms with Gasteiger partial charge in [-0.25, -0.2) is 4.79 Å². The van der Waals surface area contributed by atoms with E-state index in [1.165, 1.54) is 5.56 Å². The van der Waals surface area contributed by atoms with Gasteiger partial charge in [0.25, 0.3) is 0 Å². The maximum Gasteiger partial charge on any atom is 0.490 e. The van der Waals surface area contributed by atoms with Crippen LogP contribution in [0.5, 0.6) is 0 Å². The normalized spacial score (nSPS) is 24.3. The summed E-state index contributed by atoms with van der Waals surface area (Å²) in [6.45, 7) is 3.15. The van der Waals surface area contributed by atoms with E-state index in [1.54, 1.807) is 18.4 Å². The molecule has 1 aromatic heterocycles. The average molecular weight is 438 g/mol. The lowest BCUT2D eigenvalue weighted by Crippen LogP contribution is -2.48. The molecule has 0 unspecified atom stereocenters. The molecule has 3 atom stereocenters. The fraction of sp³-hybridized carbons (Fsp3) is 0.667. The number of rotatable bonds is 6. The van der Waals surface area contributed by atoms with Gasteiger partial charge in [0.15, 0.2) is 0 Å². The second kappa shape index (κ2) is 10.9. The van der Waals surface area contributed by atoms with Crippen molar-refractivity contribution in [2.75, 3.05) is 26.8 Å². The van der Waals surface area contributed by atoms with Crippen molar-refractivity contribution in [2.45, 2.75) is 50.2 Å². The molecular formula is C18H25F3N2O5S. The van der Waals surface area contributed by atoms with Crippen LogP contribution >= 0.6 is 11.3 Å². The van der Waals surface area contributed by atoms with Gasteiger partial charge in [0.1, 0.15) is 6.10 Å². The summed E-state index contributed by atoms with van der Waals surface area (Å²) in [5.74, 6) is -2.75. The fourth-order valence-electron chi connectivity index (χ4n) is 3.41. The number of hydrogen-bond acceptors (Lipinski definition) is 6. The number of likely N-dealkylation sites (tertiary alicyclic amines) is 1. The molecule has 0 radical (unpaired) electrons. The van der Waals surface area contributed by atoms with Crippen molar-refractivity contribution in [3.8, 4) is 0 Å². The van der Waals surface area contributed by atoms with Gasteiger partial charge in [0.2, 0.25) is 5.91 Å². The molecule has 0 spiro atoms. The minimum absolute atomic E-state index is 0.00628. The van der Waals surface area contributed by atoms with Gasteiger partial charge in [-0.15, -0.1) is 0 Å². The van der Waals surface area contributed by atoms with E-state index < -0.39 is 12.1 Å². The van der Waals surface area contributed by atoms with E-state index in [-0.39, 0.29) is 18.1 Å². The monoisotopic (exact) mass is 438 g/mol. The molecule has 2 saturated heterocycles. The zero-order valence-electron chi connectivity index (χ0n) is 16.0. The van der Waals surface area contributed by atoms with Crippen LogP contribution in [0.3, 0.4) is 0 Å². The smallest absolute Gasteiger partial charge is 0.475 e. The molecule has 2 aliphatic heterocycles. The highest BCUT2D eigenvalue weighted by Gasteiger charge is 2.41. The SMILES string of the molecule is COCCNC(=O)[C@H]1CC[C@@H]2[C@@H](CCN2Cc2ccsc2)O1.O=C(O)C(F)(F)F. The first-order valence-corrected chi connectivity index (χ1v) is 10.1. The third-order valence-corrected chi connectivity index (χ3v) is 5.50. The van der Waals surface area contributed by atoms with Crippen LogP contribution in [0, 0.1) is 0 Å². The van der Waals surface area contributed by atoms with E-state index in [2.05, 4.69) is 27.0 Å². The lowest BCUT2D eigenvalue weighted by Gasteiger charge is -2.35. The van der Waals surface area contributed by atoms with Gasteiger partial charge < -0.3 is 19.9 Å². The predicted molar refractivity (Wildman–Crippen MR) is 99.6 cm³/mol. The first-order chi connectivity index (χ1) is 13.7. The van der Waals surface area contributed by atoms with Crippen molar-refractivity contribution in [2.24, 2.45) is 0 Å². The number of carbonyl (C=O) groups is 2. The number of thiophene rings is 1. The number of nitrogens with zero attached hydrogens (tertiary/aromatic N) is 1. The number of ether oxygens (including phenoxy) is 2. The molecule has 7 nitrogen and oxygen atoms in total. The van der Waals surface area contributed by atoms with E-state index >= 15 is 0 Å². The molecule has 3 heterocycles. The molecule has 0 aliphatic carbocycles. The Kier molecular flexibility index (Phi) is 8.87. The zero-order valence-corrected chi connectivity index (χ0v) is 16.8. The molecule has 1 aromatic rings. The molecule has 0 bridgehead atoms. The Labute approximate surface area is 170 Å². The van der Waals surface area contributed by atoms with Crippen LogP contribution in [-0.4, -0.2) is 73.1 Å². The minimum atomic E-state index is -5.08. The molecule has 11 heteroatoms. The van der Waals surface area contributed by atoms with Crippen molar-refractivity contribution in [3.05, 3.63) is 22.4 Å². The maximum atomic E-state index is 12.1. The standard InChI is InChI=1S/C16H24N2O3S.C2HF3O2/c1-20-8-6-17-16(19)15-3-2-13-14(21-15)4-7-18(13)10-12-5-9-22-11-12;3-2(4,5)1(6)7/h5,9,11,13-15H,2-4,6-8,10H2,1H3,(H,17,19);(H,6,7)/t13-,14-,15-;/m1./s1. The van der Waals surface area contributed by atoms with Gasteiger partial charge in [-0.3, -0.25) is 9.69 Å². The van der Waals surface area contributed by atoms with Gasteiger partial charge in [-0.05, 0) is 41.7 Å². The van der Waals surface area contributed by atoms with Crippen LogP contribution in [0.2, 0.25) is 0 Å². The Morgan fingerprint density at radius 2 is 2.10 bits per heavy atom. The van der Waals surface area contributed by atoms with Gasteiger partial charge in [0.05, 0.1) is 12.7 Å². The summed E-state index contributed by atoms with van der Waals surface area (Å²) in [5.41, 5.74) is 1.38. The molecule has 0 saturated carbocycles. The number of amides is 1. The molecule has 3 rings (SSSR count). The van der Waals surface area contributed by atoms with Crippen molar-refractivity contribution < 1.29 is 37.3 Å². The van der Waals surface area contributed by atoms with E-state index in [4.69, 9.17) is 19.4 Å². The lowest BCUT2D eigenvalue weighted by atomic mass is 9.98. The summed E-state index contributed by atoms with van der Waals surface area (Å²) in [5, 5.41) is 14.3. The first-order valence-electron chi connectivity index (χ1n) is 9.19. The highest BCUT2D eigenvalue weighted by atomic mass is 32.1. The van der Waals surface area contributed by atoms with E-state index in [0.29, 0.717) is 19.2 Å². The molecule has 2 fully saturated rings. The quantitative estimate of drug-likeness (QED) is 0.663.